The van der Waals surface area contributed by atoms with E-state index in [2.05, 4.69) is 9.71 Å². The molecule has 0 bridgehead atoms. The number of nitrogens with one attached hydrogen (secondary N) is 1. The Labute approximate surface area is 141 Å². The molecule has 1 aromatic heterocycles. The van der Waals surface area contributed by atoms with Gasteiger partial charge in [-0.05, 0) is 38.1 Å². The summed E-state index contributed by atoms with van der Waals surface area (Å²) in [5, 5.41) is 0. The molecule has 1 heterocycles. The molecular formula is C18H18N2O3S. The van der Waals surface area contributed by atoms with Crippen LogP contribution in [0.3, 0.4) is 0 Å². The molecule has 0 aliphatic heterocycles. The molecule has 2 aromatic carbocycles. The molecule has 3 rings (SSSR count). The Morgan fingerprint density at radius 2 is 1.62 bits per heavy atom. The minimum Gasteiger partial charge on any atom is -0.436 e. The molecule has 0 saturated carbocycles. The lowest BCUT2D eigenvalue weighted by Gasteiger charge is -2.09. The third-order valence-electron chi connectivity index (χ3n) is 3.37. The molecule has 5 nitrogen and oxygen atoms in total. The molecule has 0 atom stereocenters. The molecule has 0 saturated heterocycles. The summed E-state index contributed by atoms with van der Waals surface area (Å²) in [6.07, 6.45) is 1.66. The molecule has 1 N–H and O–H groups in total. The number of sulfonamides is 1. The van der Waals surface area contributed by atoms with E-state index in [1.54, 1.807) is 44.3 Å². The van der Waals surface area contributed by atoms with Crippen molar-refractivity contribution in [3.05, 3.63) is 60.8 Å². The lowest BCUT2D eigenvalue weighted by molar-refractivity contribution is 0.569. The van der Waals surface area contributed by atoms with Crippen molar-refractivity contribution in [1.29, 1.82) is 0 Å². The van der Waals surface area contributed by atoms with Crippen molar-refractivity contribution in [2.45, 2.75) is 24.8 Å². The lowest BCUT2D eigenvalue weighted by Crippen LogP contribution is -2.30. The lowest BCUT2D eigenvalue weighted by atomic mass is 10.2. The third kappa shape index (κ3) is 3.55. The van der Waals surface area contributed by atoms with Crippen LogP contribution < -0.4 is 4.72 Å². The van der Waals surface area contributed by atoms with E-state index >= 15 is 0 Å². The van der Waals surface area contributed by atoms with E-state index in [9.17, 15) is 8.42 Å². The fourth-order valence-corrected chi connectivity index (χ4v) is 3.55. The van der Waals surface area contributed by atoms with Crippen molar-refractivity contribution in [2.75, 3.05) is 0 Å². The average molecular weight is 342 g/mol. The number of hydrogen-bond donors (Lipinski definition) is 1. The zero-order chi connectivity index (χ0) is 17.2. The number of oxazole rings is 1. The number of benzene rings is 2. The molecule has 0 aliphatic rings. The number of hydrogen-bond acceptors (Lipinski definition) is 4. The van der Waals surface area contributed by atoms with Gasteiger partial charge in [-0.3, -0.25) is 0 Å². The van der Waals surface area contributed by atoms with Gasteiger partial charge in [-0.15, -0.1) is 0 Å². The molecule has 3 aromatic rings. The van der Waals surface area contributed by atoms with E-state index < -0.39 is 10.0 Å². The Balaban J connectivity index is 1.86. The summed E-state index contributed by atoms with van der Waals surface area (Å²) in [5.41, 5.74) is 1.66. The molecular weight excluding hydrogens is 324 g/mol. The number of nitrogens with zero attached hydrogens (tertiary/aromatic N) is 1. The maximum atomic E-state index is 12.1. The monoisotopic (exact) mass is 342 g/mol. The second-order valence-electron chi connectivity index (χ2n) is 5.70. The van der Waals surface area contributed by atoms with Crippen LogP contribution in [-0.4, -0.2) is 19.4 Å². The van der Waals surface area contributed by atoms with Gasteiger partial charge in [0.05, 0.1) is 11.1 Å². The highest BCUT2D eigenvalue weighted by atomic mass is 32.2. The predicted octanol–water partition coefficient (Wildman–Crippen LogP) is 3.70. The van der Waals surface area contributed by atoms with E-state index in [4.69, 9.17) is 4.42 Å². The van der Waals surface area contributed by atoms with Gasteiger partial charge < -0.3 is 4.42 Å². The van der Waals surface area contributed by atoms with E-state index in [1.807, 2.05) is 30.3 Å². The second-order valence-corrected chi connectivity index (χ2v) is 7.41. The first-order valence-corrected chi connectivity index (χ1v) is 9.08. The van der Waals surface area contributed by atoms with Crippen molar-refractivity contribution in [2.24, 2.45) is 0 Å². The molecule has 0 radical (unpaired) electrons. The summed E-state index contributed by atoms with van der Waals surface area (Å²) < 4.78 is 32.6. The summed E-state index contributed by atoms with van der Waals surface area (Å²) in [5.74, 6) is 1.12. The highest BCUT2D eigenvalue weighted by molar-refractivity contribution is 7.89. The van der Waals surface area contributed by atoms with Crippen LogP contribution in [0.4, 0.5) is 0 Å². The van der Waals surface area contributed by atoms with Crippen molar-refractivity contribution >= 4 is 10.0 Å². The van der Waals surface area contributed by atoms with Crippen molar-refractivity contribution in [3.63, 3.8) is 0 Å². The van der Waals surface area contributed by atoms with E-state index in [1.165, 1.54) is 0 Å². The van der Waals surface area contributed by atoms with E-state index in [0.29, 0.717) is 11.7 Å². The molecule has 0 amide bonds. The number of rotatable bonds is 5. The van der Waals surface area contributed by atoms with Crippen LogP contribution in [0.2, 0.25) is 0 Å². The molecule has 6 heteroatoms. The standard InChI is InChI=1S/C18H18N2O3S/c1-13(2)20-24(21,22)16-10-8-15(9-11-16)18-19-12-17(23-18)14-6-4-3-5-7-14/h3-13,20H,1-2H3. The smallest absolute Gasteiger partial charge is 0.240 e. The van der Waals surface area contributed by atoms with Gasteiger partial charge in [0.15, 0.2) is 5.76 Å². The fraction of sp³-hybridized carbons (Fsp3) is 0.167. The van der Waals surface area contributed by atoms with Crippen LogP contribution >= 0.6 is 0 Å². The fourth-order valence-electron chi connectivity index (χ4n) is 2.30. The molecule has 0 spiro atoms. The van der Waals surface area contributed by atoms with Crippen molar-refractivity contribution in [3.8, 4) is 22.8 Å². The normalized spacial score (nSPS) is 11.8. The summed E-state index contributed by atoms with van der Waals surface area (Å²) in [6.45, 7) is 3.56. The van der Waals surface area contributed by atoms with Gasteiger partial charge in [-0.2, -0.15) is 0 Å². The van der Waals surface area contributed by atoms with Crippen molar-refractivity contribution in [1.82, 2.24) is 9.71 Å². The predicted molar refractivity (Wildman–Crippen MR) is 92.8 cm³/mol. The van der Waals surface area contributed by atoms with E-state index in [-0.39, 0.29) is 10.9 Å². The quantitative estimate of drug-likeness (QED) is 0.767. The first-order chi connectivity index (χ1) is 11.5. The van der Waals surface area contributed by atoms with Crippen molar-refractivity contribution < 1.29 is 12.8 Å². The van der Waals surface area contributed by atoms with Crippen LogP contribution in [0.15, 0.2) is 70.1 Å². The average Bonchev–Trinajstić information content (AvgIpc) is 3.05. The first kappa shape index (κ1) is 16.4. The highest BCUT2D eigenvalue weighted by Crippen LogP contribution is 2.26. The van der Waals surface area contributed by atoms with Gasteiger partial charge in [-0.25, -0.2) is 18.1 Å². The summed E-state index contributed by atoms with van der Waals surface area (Å²) >= 11 is 0. The first-order valence-electron chi connectivity index (χ1n) is 7.60. The summed E-state index contributed by atoms with van der Waals surface area (Å²) in [6, 6.07) is 16.0. The van der Waals surface area contributed by atoms with Gasteiger partial charge in [-0.1, -0.05) is 30.3 Å². The summed E-state index contributed by atoms with van der Waals surface area (Å²) in [4.78, 5) is 4.49. The Kier molecular flexibility index (Phi) is 4.51. The second kappa shape index (κ2) is 6.59. The zero-order valence-corrected chi connectivity index (χ0v) is 14.2. The largest absolute Gasteiger partial charge is 0.436 e. The van der Waals surface area contributed by atoms with Crippen LogP contribution in [0.5, 0.6) is 0 Å². The Morgan fingerprint density at radius 3 is 2.25 bits per heavy atom. The van der Waals surface area contributed by atoms with Gasteiger partial charge in [0.2, 0.25) is 15.9 Å². The maximum absolute atomic E-state index is 12.1. The Bertz CT molecular complexity index is 914. The Hall–Kier alpha value is -2.44. The maximum Gasteiger partial charge on any atom is 0.240 e. The van der Waals surface area contributed by atoms with Gasteiger partial charge in [0.1, 0.15) is 0 Å². The van der Waals surface area contributed by atoms with E-state index in [0.717, 1.165) is 11.1 Å². The van der Waals surface area contributed by atoms with Crippen LogP contribution in [0, 0.1) is 0 Å². The number of aromatic nitrogens is 1. The van der Waals surface area contributed by atoms with Gasteiger partial charge >= 0.3 is 0 Å². The minimum atomic E-state index is -3.50. The third-order valence-corrected chi connectivity index (χ3v) is 5.04. The molecule has 124 valence electrons. The van der Waals surface area contributed by atoms with Crippen LogP contribution in [0.1, 0.15) is 13.8 Å². The SMILES string of the molecule is CC(C)NS(=O)(=O)c1ccc(-c2ncc(-c3ccccc3)o2)cc1. The van der Waals surface area contributed by atoms with Gasteiger partial charge in [0, 0.05) is 17.2 Å². The summed E-state index contributed by atoms with van der Waals surface area (Å²) in [7, 11) is -3.50. The topological polar surface area (TPSA) is 72.2 Å². The van der Waals surface area contributed by atoms with Crippen LogP contribution in [0.25, 0.3) is 22.8 Å². The minimum absolute atomic E-state index is 0.158. The van der Waals surface area contributed by atoms with Gasteiger partial charge in [0.25, 0.3) is 0 Å². The van der Waals surface area contributed by atoms with Crippen LogP contribution in [-0.2, 0) is 10.0 Å². The molecule has 0 unspecified atom stereocenters. The molecule has 0 fully saturated rings. The highest BCUT2D eigenvalue weighted by Gasteiger charge is 2.16. The molecule has 0 aliphatic carbocycles. The zero-order valence-electron chi connectivity index (χ0n) is 13.4. The Morgan fingerprint density at radius 1 is 0.958 bits per heavy atom. The molecule has 24 heavy (non-hydrogen) atoms.